The molecule has 0 saturated heterocycles. The van der Waals surface area contributed by atoms with Crippen LogP contribution in [0.15, 0.2) is 6.20 Å². The van der Waals surface area contributed by atoms with Crippen molar-refractivity contribution in [2.75, 3.05) is 0 Å². The molecule has 0 aromatic carbocycles. The van der Waals surface area contributed by atoms with Crippen molar-refractivity contribution in [3.05, 3.63) is 23.3 Å². The van der Waals surface area contributed by atoms with Crippen molar-refractivity contribution in [1.29, 1.82) is 5.26 Å². The quantitative estimate of drug-likeness (QED) is 0.489. The fraction of sp³-hybridized carbons (Fsp3) is 0.333. The summed E-state index contributed by atoms with van der Waals surface area (Å²) < 4.78 is 53.1. The molecular formula is C9H5BrF4N2O. The molecule has 3 nitrogen and oxygen atoms in total. The summed E-state index contributed by atoms with van der Waals surface area (Å²) in [6.45, 7) is 0. The lowest BCUT2D eigenvalue weighted by Crippen LogP contribution is -2.19. The second-order valence-corrected chi connectivity index (χ2v) is 3.45. The minimum atomic E-state index is -4.89. The second-order valence-electron chi connectivity index (χ2n) is 2.89. The molecule has 0 aliphatic carbocycles. The summed E-state index contributed by atoms with van der Waals surface area (Å²) in [7, 11) is 0. The average Bonchev–Trinajstić information content (AvgIpc) is 2.21. The van der Waals surface area contributed by atoms with E-state index in [2.05, 4.69) is 25.7 Å². The lowest BCUT2D eigenvalue weighted by molar-refractivity contribution is -0.275. The van der Waals surface area contributed by atoms with Gasteiger partial charge < -0.3 is 4.74 Å². The van der Waals surface area contributed by atoms with Crippen LogP contribution < -0.4 is 4.74 Å². The number of nitriles is 1. The maximum Gasteiger partial charge on any atom is 0.573 e. The highest BCUT2D eigenvalue weighted by molar-refractivity contribution is 9.08. The number of aromatic nitrogens is 1. The second kappa shape index (κ2) is 5.31. The molecule has 17 heavy (non-hydrogen) atoms. The van der Waals surface area contributed by atoms with Gasteiger partial charge in [-0.3, -0.25) is 0 Å². The van der Waals surface area contributed by atoms with Crippen LogP contribution in [0.3, 0.4) is 0 Å². The highest BCUT2D eigenvalue weighted by atomic mass is 79.9. The summed E-state index contributed by atoms with van der Waals surface area (Å²) in [5.41, 5.74) is -0.275. The molecule has 0 aliphatic heterocycles. The van der Waals surface area contributed by atoms with Crippen molar-refractivity contribution in [3.8, 4) is 11.8 Å². The average molecular weight is 313 g/mol. The van der Waals surface area contributed by atoms with Gasteiger partial charge in [-0.05, 0) is 0 Å². The van der Waals surface area contributed by atoms with Gasteiger partial charge in [-0.15, -0.1) is 13.2 Å². The molecule has 0 bridgehead atoms. The van der Waals surface area contributed by atoms with E-state index in [9.17, 15) is 17.6 Å². The van der Waals surface area contributed by atoms with E-state index in [-0.39, 0.29) is 22.9 Å². The number of rotatable bonds is 3. The summed E-state index contributed by atoms with van der Waals surface area (Å²) in [4.78, 5) is 3.13. The van der Waals surface area contributed by atoms with Crippen molar-refractivity contribution in [1.82, 2.24) is 4.98 Å². The van der Waals surface area contributed by atoms with Crippen molar-refractivity contribution in [2.45, 2.75) is 18.1 Å². The molecule has 0 amide bonds. The van der Waals surface area contributed by atoms with Gasteiger partial charge in [0.25, 0.3) is 0 Å². The Kier molecular flexibility index (Phi) is 4.28. The van der Waals surface area contributed by atoms with Crippen molar-refractivity contribution in [3.63, 3.8) is 0 Å². The summed E-state index contributed by atoms with van der Waals surface area (Å²) in [6.07, 6.45) is -4.63. The minimum Gasteiger partial charge on any atom is -0.404 e. The molecular weight excluding hydrogens is 308 g/mol. The molecule has 1 heterocycles. The molecule has 0 spiro atoms. The zero-order valence-electron chi connectivity index (χ0n) is 8.18. The van der Waals surface area contributed by atoms with Crippen molar-refractivity contribution in [2.24, 2.45) is 0 Å². The van der Waals surface area contributed by atoms with Gasteiger partial charge in [0.2, 0.25) is 5.95 Å². The first-order chi connectivity index (χ1) is 7.89. The van der Waals surface area contributed by atoms with E-state index in [0.29, 0.717) is 6.20 Å². The Hall–Kier alpha value is -1.36. The van der Waals surface area contributed by atoms with E-state index < -0.39 is 18.1 Å². The molecule has 1 rings (SSSR count). The van der Waals surface area contributed by atoms with Crippen LogP contribution in [0, 0.1) is 17.3 Å². The number of hydrogen-bond donors (Lipinski definition) is 0. The molecule has 1 aromatic rings. The van der Waals surface area contributed by atoms with Gasteiger partial charge in [-0.1, -0.05) is 15.9 Å². The van der Waals surface area contributed by atoms with E-state index >= 15 is 0 Å². The van der Waals surface area contributed by atoms with E-state index in [1.165, 1.54) is 0 Å². The Labute approximate surface area is 102 Å². The zero-order valence-corrected chi connectivity index (χ0v) is 9.77. The van der Waals surface area contributed by atoms with Crippen LogP contribution in [-0.2, 0) is 11.8 Å². The first kappa shape index (κ1) is 13.7. The predicted octanol–water partition coefficient (Wildman–Crippen LogP) is 3.08. The van der Waals surface area contributed by atoms with Gasteiger partial charge in [-0.2, -0.15) is 9.65 Å². The predicted molar refractivity (Wildman–Crippen MR) is 52.8 cm³/mol. The van der Waals surface area contributed by atoms with Crippen LogP contribution in [0.5, 0.6) is 5.75 Å². The minimum absolute atomic E-state index is 0.0728. The molecule has 8 heteroatoms. The summed E-state index contributed by atoms with van der Waals surface area (Å²) in [5.74, 6) is -1.59. The SMILES string of the molecule is N#CCc1c(F)ncc(OC(F)(F)F)c1CBr. The first-order valence-electron chi connectivity index (χ1n) is 4.24. The van der Waals surface area contributed by atoms with Gasteiger partial charge in [-0.25, -0.2) is 4.98 Å². The van der Waals surface area contributed by atoms with Gasteiger partial charge in [0.1, 0.15) is 0 Å². The van der Waals surface area contributed by atoms with E-state index in [1.807, 2.05) is 0 Å². The van der Waals surface area contributed by atoms with Gasteiger partial charge in [0, 0.05) is 16.5 Å². The molecule has 0 aliphatic rings. The third-order valence-electron chi connectivity index (χ3n) is 1.82. The molecule has 1 aromatic heterocycles. The number of halogens is 5. The Morgan fingerprint density at radius 2 is 2.06 bits per heavy atom. The topological polar surface area (TPSA) is 45.9 Å². The van der Waals surface area contributed by atoms with Crippen LogP contribution >= 0.6 is 15.9 Å². The maximum atomic E-state index is 13.2. The lowest BCUT2D eigenvalue weighted by atomic mass is 10.1. The van der Waals surface area contributed by atoms with E-state index in [0.717, 1.165) is 0 Å². The van der Waals surface area contributed by atoms with E-state index in [4.69, 9.17) is 5.26 Å². The normalized spacial score (nSPS) is 11.1. The van der Waals surface area contributed by atoms with Gasteiger partial charge in [0.05, 0.1) is 18.7 Å². The maximum absolute atomic E-state index is 13.2. The molecule has 92 valence electrons. The van der Waals surface area contributed by atoms with Crippen LogP contribution in [0.1, 0.15) is 11.1 Å². The molecule has 0 radical (unpaired) electrons. The third-order valence-corrected chi connectivity index (χ3v) is 2.38. The van der Waals surface area contributed by atoms with Crippen LogP contribution in [0.25, 0.3) is 0 Å². The summed E-state index contributed by atoms with van der Waals surface area (Å²) in [6, 6.07) is 1.65. The Bertz CT molecular complexity index is 456. The molecule has 0 N–H and O–H groups in total. The Balaban J connectivity index is 3.24. The molecule has 0 unspecified atom stereocenters. The standard InChI is InChI=1S/C9H5BrF4N2O/c10-3-6-5(1-2-15)8(11)16-4-7(6)17-9(12,13)14/h4H,1,3H2. The summed E-state index contributed by atoms with van der Waals surface area (Å²) in [5, 5.41) is 8.39. The number of alkyl halides is 4. The third kappa shape index (κ3) is 3.56. The van der Waals surface area contributed by atoms with Crippen LogP contribution in [0.2, 0.25) is 0 Å². The lowest BCUT2D eigenvalue weighted by Gasteiger charge is -2.14. The number of hydrogen-bond acceptors (Lipinski definition) is 3. The highest BCUT2D eigenvalue weighted by Crippen LogP contribution is 2.30. The fourth-order valence-corrected chi connectivity index (χ4v) is 1.78. The Morgan fingerprint density at radius 1 is 1.41 bits per heavy atom. The largest absolute Gasteiger partial charge is 0.573 e. The molecule has 0 fully saturated rings. The number of ether oxygens (including phenoxy) is 1. The zero-order chi connectivity index (χ0) is 13.1. The summed E-state index contributed by atoms with van der Waals surface area (Å²) >= 11 is 2.92. The smallest absolute Gasteiger partial charge is 0.404 e. The monoisotopic (exact) mass is 312 g/mol. The number of pyridine rings is 1. The highest BCUT2D eigenvalue weighted by Gasteiger charge is 2.33. The molecule has 0 atom stereocenters. The van der Waals surface area contributed by atoms with Gasteiger partial charge in [0.15, 0.2) is 5.75 Å². The first-order valence-corrected chi connectivity index (χ1v) is 5.36. The van der Waals surface area contributed by atoms with E-state index in [1.54, 1.807) is 6.07 Å². The van der Waals surface area contributed by atoms with Crippen LogP contribution in [0.4, 0.5) is 17.6 Å². The van der Waals surface area contributed by atoms with Crippen molar-refractivity contribution < 1.29 is 22.3 Å². The Morgan fingerprint density at radius 3 is 2.53 bits per heavy atom. The fourth-order valence-electron chi connectivity index (χ4n) is 1.16. The van der Waals surface area contributed by atoms with Crippen LogP contribution in [-0.4, -0.2) is 11.3 Å². The number of nitrogens with zero attached hydrogens (tertiary/aromatic N) is 2. The molecule has 0 saturated carbocycles. The van der Waals surface area contributed by atoms with Crippen molar-refractivity contribution >= 4 is 15.9 Å². The van der Waals surface area contributed by atoms with Gasteiger partial charge >= 0.3 is 6.36 Å².